The number of benzene rings is 1. The number of aliphatic hydroxyl groups excluding tert-OH is 1. The molecule has 11 heteroatoms. The molecule has 2 atom stereocenters. The van der Waals surface area contributed by atoms with Gasteiger partial charge in [-0.25, -0.2) is 0 Å². The number of hydrogen-bond donors (Lipinski definition) is 2. The van der Waals surface area contributed by atoms with Gasteiger partial charge < -0.3 is 24.8 Å². The minimum absolute atomic E-state index is 0.0846. The Bertz CT molecular complexity index is 1330. The van der Waals surface area contributed by atoms with Gasteiger partial charge in [-0.05, 0) is 37.3 Å². The zero-order valence-corrected chi connectivity index (χ0v) is 20.7. The number of carbonyl (C=O) groups is 1. The topological polar surface area (TPSA) is 96.8 Å². The Labute approximate surface area is 217 Å². The number of alkyl halides is 3. The summed E-state index contributed by atoms with van der Waals surface area (Å²) < 4.78 is 50.8. The van der Waals surface area contributed by atoms with Crippen LogP contribution in [0.5, 0.6) is 0 Å². The third kappa shape index (κ3) is 5.35. The zero-order chi connectivity index (χ0) is 26.9. The number of fused-ring (bicyclic) bond motifs is 3. The minimum atomic E-state index is -4.55. The van der Waals surface area contributed by atoms with Gasteiger partial charge in [0, 0.05) is 41.5 Å². The first-order valence-electron chi connectivity index (χ1n) is 12.3. The molecule has 0 spiro atoms. The molecule has 2 aliphatic heterocycles. The maximum Gasteiger partial charge on any atom is 0.416 e. The Morgan fingerprint density at radius 1 is 1.24 bits per heavy atom. The van der Waals surface area contributed by atoms with E-state index in [0.717, 1.165) is 34.6 Å². The molecule has 0 unspecified atom stereocenters. The van der Waals surface area contributed by atoms with E-state index in [9.17, 15) is 23.1 Å². The molecular weight excluding hydrogens is 501 g/mol. The standard InChI is InChI=1S/C27H27F3N4O4/c1-16-22(11-20(14-31-16)33-26(36)17-3-2-4-19(9-17)27(28,29)30)18-10-23-25(32-13-18)24(38-8-6-35)12-21-15-37-7-5-34(21)23/h2-4,9-11,13-14,21,24,35H,5-8,12,15H2,1H3,(H,33,36)/t21-,24-/m1/s1. The predicted octanol–water partition coefficient (Wildman–Crippen LogP) is 4.38. The number of aryl methyl sites for hydroxylation is 1. The fraction of sp³-hybridized carbons (Fsp3) is 0.370. The van der Waals surface area contributed by atoms with Crippen molar-refractivity contribution in [3.05, 3.63) is 71.3 Å². The summed E-state index contributed by atoms with van der Waals surface area (Å²) in [7, 11) is 0. The number of pyridine rings is 2. The number of aromatic nitrogens is 2. The first-order valence-corrected chi connectivity index (χ1v) is 12.3. The van der Waals surface area contributed by atoms with E-state index in [0.29, 0.717) is 37.6 Å². The summed E-state index contributed by atoms with van der Waals surface area (Å²) in [4.78, 5) is 24.1. The number of amides is 1. The molecule has 200 valence electrons. The van der Waals surface area contributed by atoms with Crippen LogP contribution in [0, 0.1) is 6.92 Å². The van der Waals surface area contributed by atoms with Crippen LogP contribution in [-0.2, 0) is 15.7 Å². The summed E-state index contributed by atoms with van der Waals surface area (Å²) in [6.45, 7) is 3.83. The molecular formula is C27H27F3N4O4. The summed E-state index contributed by atoms with van der Waals surface area (Å²) >= 11 is 0. The number of nitrogens with one attached hydrogen (secondary N) is 1. The summed E-state index contributed by atoms with van der Waals surface area (Å²) in [6, 6.07) is 8.13. The molecule has 3 aromatic rings. The van der Waals surface area contributed by atoms with Gasteiger partial charge >= 0.3 is 6.18 Å². The van der Waals surface area contributed by atoms with Gasteiger partial charge in [-0.15, -0.1) is 0 Å². The smallest absolute Gasteiger partial charge is 0.394 e. The number of anilines is 2. The number of halogens is 3. The molecule has 2 aliphatic rings. The van der Waals surface area contributed by atoms with Gasteiger partial charge in [0.1, 0.15) is 6.10 Å². The van der Waals surface area contributed by atoms with E-state index in [-0.39, 0.29) is 30.9 Å². The van der Waals surface area contributed by atoms with Crippen LogP contribution in [0.2, 0.25) is 0 Å². The molecule has 1 saturated heterocycles. The van der Waals surface area contributed by atoms with Crippen LogP contribution in [0.4, 0.5) is 24.5 Å². The largest absolute Gasteiger partial charge is 0.416 e. The summed E-state index contributed by atoms with van der Waals surface area (Å²) in [5.74, 6) is -0.670. The molecule has 38 heavy (non-hydrogen) atoms. The molecule has 0 aliphatic carbocycles. The molecule has 2 N–H and O–H groups in total. The second-order valence-electron chi connectivity index (χ2n) is 9.26. The van der Waals surface area contributed by atoms with Gasteiger partial charge in [-0.1, -0.05) is 6.07 Å². The first kappa shape index (κ1) is 26.1. The van der Waals surface area contributed by atoms with Crippen molar-refractivity contribution in [1.29, 1.82) is 0 Å². The lowest BCUT2D eigenvalue weighted by Gasteiger charge is -2.44. The Balaban J connectivity index is 1.44. The van der Waals surface area contributed by atoms with Crippen LogP contribution in [-0.4, -0.2) is 60.0 Å². The van der Waals surface area contributed by atoms with Gasteiger partial charge in [0.05, 0.1) is 61.3 Å². The van der Waals surface area contributed by atoms with Gasteiger partial charge in [0.15, 0.2) is 0 Å². The van der Waals surface area contributed by atoms with E-state index in [1.165, 1.54) is 18.3 Å². The Morgan fingerprint density at radius 2 is 2.08 bits per heavy atom. The number of aliphatic hydroxyl groups is 1. The van der Waals surface area contributed by atoms with Crippen molar-refractivity contribution in [2.24, 2.45) is 0 Å². The molecule has 0 radical (unpaired) electrons. The van der Waals surface area contributed by atoms with Gasteiger partial charge in [-0.2, -0.15) is 13.2 Å². The van der Waals surface area contributed by atoms with Crippen LogP contribution < -0.4 is 10.2 Å². The van der Waals surface area contributed by atoms with Gasteiger partial charge in [0.2, 0.25) is 0 Å². The van der Waals surface area contributed by atoms with Crippen molar-refractivity contribution in [2.75, 3.05) is 43.2 Å². The fourth-order valence-electron chi connectivity index (χ4n) is 4.89. The Morgan fingerprint density at radius 3 is 2.87 bits per heavy atom. The molecule has 0 bridgehead atoms. The van der Waals surface area contributed by atoms with Crippen molar-refractivity contribution >= 4 is 17.3 Å². The summed E-state index contributed by atoms with van der Waals surface area (Å²) in [6.07, 6.45) is -0.927. The number of rotatable bonds is 6. The number of ether oxygens (including phenoxy) is 2. The van der Waals surface area contributed by atoms with E-state index in [4.69, 9.17) is 14.5 Å². The zero-order valence-electron chi connectivity index (χ0n) is 20.7. The van der Waals surface area contributed by atoms with E-state index in [1.54, 1.807) is 12.3 Å². The number of morpholine rings is 1. The first-order chi connectivity index (χ1) is 18.2. The highest BCUT2D eigenvalue weighted by atomic mass is 19.4. The summed E-state index contributed by atoms with van der Waals surface area (Å²) in [5, 5.41) is 11.9. The molecule has 1 fully saturated rings. The van der Waals surface area contributed by atoms with E-state index >= 15 is 0 Å². The van der Waals surface area contributed by atoms with Crippen molar-refractivity contribution in [3.8, 4) is 11.1 Å². The third-order valence-corrected chi connectivity index (χ3v) is 6.74. The van der Waals surface area contributed by atoms with Crippen molar-refractivity contribution in [3.63, 3.8) is 0 Å². The highest BCUT2D eigenvalue weighted by Gasteiger charge is 2.36. The predicted molar refractivity (Wildman–Crippen MR) is 134 cm³/mol. The van der Waals surface area contributed by atoms with Crippen LogP contribution in [0.1, 0.15) is 39.8 Å². The fourth-order valence-corrected chi connectivity index (χ4v) is 4.89. The van der Waals surface area contributed by atoms with Crippen molar-refractivity contribution < 1.29 is 32.5 Å². The SMILES string of the molecule is Cc1ncc(NC(=O)c2cccc(C(F)(F)F)c2)cc1-c1cnc2c(c1)N1CCOC[C@H]1C[C@H]2OCCO. The lowest BCUT2D eigenvalue weighted by molar-refractivity contribution is -0.137. The second-order valence-corrected chi connectivity index (χ2v) is 9.26. The van der Waals surface area contributed by atoms with Crippen LogP contribution in [0.25, 0.3) is 11.1 Å². The van der Waals surface area contributed by atoms with E-state index in [2.05, 4.69) is 15.2 Å². The third-order valence-electron chi connectivity index (χ3n) is 6.74. The van der Waals surface area contributed by atoms with Gasteiger partial charge in [0.25, 0.3) is 5.91 Å². The van der Waals surface area contributed by atoms with Crippen molar-refractivity contribution in [1.82, 2.24) is 9.97 Å². The van der Waals surface area contributed by atoms with Crippen LogP contribution in [0.15, 0.2) is 48.8 Å². The molecule has 4 heterocycles. The Hall–Kier alpha value is -3.54. The second kappa shape index (κ2) is 10.7. The lowest BCUT2D eigenvalue weighted by atomic mass is 9.94. The summed E-state index contributed by atoms with van der Waals surface area (Å²) in [5.41, 5.74) is 3.26. The lowest BCUT2D eigenvalue weighted by Crippen LogP contribution is -2.49. The maximum atomic E-state index is 13.1. The Kier molecular flexibility index (Phi) is 7.33. The molecule has 1 aromatic carbocycles. The monoisotopic (exact) mass is 528 g/mol. The molecule has 1 amide bonds. The maximum absolute atomic E-state index is 13.1. The average Bonchev–Trinajstić information content (AvgIpc) is 2.92. The molecule has 2 aromatic heterocycles. The van der Waals surface area contributed by atoms with E-state index < -0.39 is 17.6 Å². The normalized spacial score (nSPS) is 19.0. The molecule has 5 rings (SSSR count). The van der Waals surface area contributed by atoms with Crippen LogP contribution in [0.3, 0.4) is 0 Å². The van der Waals surface area contributed by atoms with Crippen LogP contribution >= 0.6 is 0 Å². The number of nitrogens with zero attached hydrogens (tertiary/aromatic N) is 3. The highest BCUT2D eigenvalue weighted by molar-refractivity contribution is 6.04. The average molecular weight is 529 g/mol. The number of hydrogen-bond acceptors (Lipinski definition) is 7. The quantitative estimate of drug-likeness (QED) is 0.490. The number of carbonyl (C=O) groups excluding carboxylic acids is 1. The molecule has 8 nitrogen and oxygen atoms in total. The van der Waals surface area contributed by atoms with Gasteiger partial charge in [-0.3, -0.25) is 14.8 Å². The highest BCUT2D eigenvalue weighted by Crippen LogP contribution is 2.41. The molecule has 0 saturated carbocycles. The minimum Gasteiger partial charge on any atom is -0.394 e. The van der Waals surface area contributed by atoms with Crippen molar-refractivity contribution in [2.45, 2.75) is 31.7 Å². The van der Waals surface area contributed by atoms with E-state index in [1.807, 2.05) is 13.0 Å².